The van der Waals surface area contributed by atoms with Crippen LogP contribution in [0.15, 0.2) is 36.4 Å². The van der Waals surface area contributed by atoms with Crippen molar-refractivity contribution in [3.05, 3.63) is 47.5 Å². The van der Waals surface area contributed by atoms with E-state index < -0.39 is 6.10 Å². The standard InChI is InChI=1S/C19H23NO3/c1-20-11-18-15(10-19(22)23-18)16(20)6-7-17(21)14-8-12-4-2-3-5-13(12)9-14/h2-7,14-18,21H,8-11H2,1H3/b7-6+/t15-,16-,17-,18+/m1/s1. The van der Waals surface area contributed by atoms with Gasteiger partial charge < -0.3 is 9.84 Å². The SMILES string of the molecule is CN1C[C@@H]2OC(=O)C[C@@H]2[C@H]1/C=C/[C@@H](O)C1Cc2ccccc2C1. The normalized spacial score (nSPS) is 32.3. The van der Waals surface area contributed by atoms with Crippen LogP contribution in [-0.2, 0) is 22.4 Å². The molecule has 3 aliphatic rings. The molecule has 0 bridgehead atoms. The molecule has 122 valence electrons. The van der Waals surface area contributed by atoms with Crippen molar-refractivity contribution >= 4 is 5.97 Å². The minimum absolute atomic E-state index is 0.0232. The van der Waals surface area contributed by atoms with Crippen LogP contribution >= 0.6 is 0 Å². The molecular weight excluding hydrogens is 290 g/mol. The minimum Gasteiger partial charge on any atom is -0.461 e. The highest BCUT2D eigenvalue weighted by Crippen LogP contribution is 2.35. The lowest BCUT2D eigenvalue weighted by Gasteiger charge is -2.20. The van der Waals surface area contributed by atoms with Crippen molar-refractivity contribution in [1.82, 2.24) is 4.90 Å². The fraction of sp³-hybridized carbons (Fsp3) is 0.526. The summed E-state index contributed by atoms with van der Waals surface area (Å²) in [4.78, 5) is 13.7. The van der Waals surface area contributed by atoms with Crippen molar-refractivity contribution in [2.75, 3.05) is 13.6 Å². The number of likely N-dealkylation sites (tertiary alicyclic amines) is 1. The molecular formula is C19H23NO3. The molecule has 2 fully saturated rings. The molecule has 1 N–H and O–H groups in total. The number of aliphatic hydroxyl groups is 1. The molecule has 1 aromatic rings. The molecule has 0 spiro atoms. The van der Waals surface area contributed by atoms with Gasteiger partial charge in [0.15, 0.2) is 0 Å². The third-order valence-electron chi connectivity index (χ3n) is 5.65. The van der Waals surface area contributed by atoms with E-state index in [-0.39, 0.29) is 30.0 Å². The fourth-order valence-corrected chi connectivity index (χ4v) is 4.38. The molecule has 2 saturated heterocycles. The van der Waals surface area contributed by atoms with Crippen molar-refractivity contribution in [2.24, 2.45) is 11.8 Å². The van der Waals surface area contributed by atoms with Crippen LogP contribution in [0.5, 0.6) is 0 Å². The van der Waals surface area contributed by atoms with Gasteiger partial charge in [0, 0.05) is 18.5 Å². The van der Waals surface area contributed by atoms with Gasteiger partial charge in [0.05, 0.1) is 12.5 Å². The van der Waals surface area contributed by atoms with Crippen LogP contribution in [0.1, 0.15) is 17.5 Å². The number of likely N-dealkylation sites (N-methyl/N-ethyl adjacent to an activating group) is 1. The maximum atomic E-state index is 11.5. The van der Waals surface area contributed by atoms with Gasteiger partial charge in [-0.25, -0.2) is 0 Å². The lowest BCUT2D eigenvalue weighted by atomic mass is 9.94. The molecule has 0 aromatic heterocycles. The Morgan fingerprint density at radius 3 is 2.65 bits per heavy atom. The Morgan fingerprint density at radius 2 is 1.96 bits per heavy atom. The topological polar surface area (TPSA) is 49.8 Å². The molecule has 23 heavy (non-hydrogen) atoms. The molecule has 0 unspecified atom stereocenters. The Hall–Kier alpha value is -1.65. The lowest BCUT2D eigenvalue weighted by molar-refractivity contribution is -0.141. The molecule has 4 nitrogen and oxygen atoms in total. The molecule has 0 amide bonds. The maximum Gasteiger partial charge on any atom is 0.306 e. The van der Waals surface area contributed by atoms with E-state index in [1.807, 2.05) is 6.08 Å². The Labute approximate surface area is 136 Å². The van der Waals surface area contributed by atoms with E-state index in [2.05, 4.69) is 42.3 Å². The van der Waals surface area contributed by atoms with Crippen molar-refractivity contribution < 1.29 is 14.6 Å². The van der Waals surface area contributed by atoms with Crippen LogP contribution in [0, 0.1) is 11.8 Å². The second kappa shape index (κ2) is 5.77. The van der Waals surface area contributed by atoms with Crippen molar-refractivity contribution in [1.29, 1.82) is 0 Å². The van der Waals surface area contributed by atoms with E-state index in [4.69, 9.17) is 4.74 Å². The van der Waals surface area contributed by atoms with Crippen LogP contribution in [-0.4, -0.2) is 47.8 Å². The summed E-state index contributed by atoms with van der Waals surface area (Å²) in [6.45, 7) is 0.788. The molecule has 2 aliphatic heterocycles. The minimum atomic E-state index is -0.437. The first-order valence-electron chi connectivity index (χ1n) is 8.44. The number of aliphatic hydroxyl groups excluding tert-OH is 1. The van der Waals surface area contributed by atoms with Gasteiger partial charge in [0.1, 0.15) is 6.10 Å². The number of esters is 1. The van der Waals surface area contributed by atoms with E-state index in [0.29, 0.717) is 6.42 Å². The number of carbonyl (C=O) groups is 1. The second-order valence-electron chi connectivity index (χ2n) is 7.14. The summed E-state index contributed by atoms with van der Waals surface area (Å²) in [5.74, 6) is 0.405. The number of fused-ring (bicyclic) bond motifs is 2. The van der Waals surface area contributed by atoms with E-state index >= 15 is 0 Å². The number of hydrogen-bond donors (Lipinski definition) is 1. The first-order chi connectivity index (χ1) is 11.1. The van der Waals surface area contributed by atoms with Gasteiger partial charge in [0.2, 0.25) is 0 Å². The zero-order chi connectivity index (χ0) is 16.0. The number of rotatable bonds is 3. The maximum absolute atomic E-state index is 11.5. The quantitative estimate of drug-likeness (QED) is 0.680. The van der Waals surface area contributed by atoms with Gasteiger partial charge in [-0.2, -0.15) is 0 Å². The molecule has 1 aliphatic carbocycles. The van der Waals surface area contributed by atoms with Gasteiger partial charge in [-0.1, -0.05) is 36.4 Å². The third-order valence-corrected chi connectivity index (χ3v) is 5.65. The molecule has 0 saturated carbocycles. The molecule has 4 heteroatoms. The highest BCUT2D eigenvalue weighted by atomic mass is 16.6. The van der Waals surface area contributed by atoms with Crippen molar-refractivity contribution in [3.8, 4) is 0 Å². The average Bonchev–Trinajstić information content (AvgIpc) is 3.17. The summed E-state index contributed by atoms with van der Waals surface area (Å²) < 4.78 is 5.36. The predicted molar refractivity (Wildman–Crippen MR) is 86.9 cm³/mol. The van der Waals surface area contributed by atoms with E-state index in [1.54, 1.807) is 0 Å². The molecule has 1 aromatic carbocycles. The first-order valence-corrected chi connectivity index (χ1v) is 8.44. The third kappa shape index (κ3) is 2.70. The summed E-state index contributed by atoms with van der Waals surface area (Å²) in [5.41, 5.74) is 2.72. The number of carbonyl (C=O) groups excluding carboxylic acids is 1. The Morgan fingerprint density at radius 1 is 1.26 bits per heavy atom. The summed E-state index contributed by atoms with van der Waals surface area (Å²) in [7, 11) is 2.05. The molecule has 2 heterocycles. The van der Waals surface area contributed by atoms with Crippen molar-refractivity contribution in [3.63, 3.8) is 0 Å². The molecule has 4 rings (SSSR count). The van der Waals surface area contributed by atoms with E-state index in [9.17, 15) is 9.90 Å². The summed E-state index contributed by atoms with van der Waals surface area (Å²) in [6, 6.07) is 8.62. The van der Waals surface area contributed by atoms with Gasteiger partial charge in [-0.05, 0) is 36.9 Å². The van der Waals surface area contributed by atoms with Crippen LogP contribution in [0.25, 0.3) is 0 Å². The number of ether oxygens (including phenoxy) is 1. The van der Waals surface area contributed by atoms with Gasteiger partial charge in [0.25, 0.3) is 0 Å². The van der Waals surface area contributed by atoms with Crippen LogP contribution in [0.2, 0.25) is 0 Å². The van der Waals surface area contributed by atoms with Crippen molar-refractivity contribution in [2.45, 2.75) is 37.5 Å². The van der Waals surface area contributed by atoms with Crippen LogP contribution < -0.4 is 0 Å². The largest absolute Gasteiger partial charge is 0.461 e. The van der Waals surface area contributed by atoms with Gasteiger partial charge >= 0.3 is 5.97 Å². The highest BCUT2D eigenvalue weighted by molar-refractivity contribution is 5.72. The smallest absolute Gasteiger partial charge is 0.306 e. The monoisotopic (exact) mass is 313 g/mol. The average molecular weight is 313 g/mol. The molecule has 4 atom stereocenters. The van der Waals surface area contributed by atoms with E-state index in [0.717, 1.165) is 19.4 Å². The highest BCUT2D eigenvalue weighted by Gasteiger charge is 2.46. The van der Waals surface area contributed by atoms with Gasteiger partial charge in [-0.15, -0.1) is 0 Å². The number of nitrogens with zero attached hydrogens (tertiary/aromatic N) is 1. The predicted octanol–water partition coefficient (Wildman–Crippen LogP) is 1.56. The number of hydrogen-bond acceptors (Lipinski definition) is 4. The Kier molecular flexibility index (Phi) is 3.74. The van der Waals surface area contributed by atoms with Crippen LogP contribution in [0.3, 0.4) is 0 Å². The molecule has 0 radical (unpaired) electrons. The van der Waals surface area contributed by atoms with Crippen LogP contribution in [0.4, 0.5) is 0 Å². The fourth-order valence-electron chi connectivity index (χ4n) is 4.38. The summed E-state index contributed by atoms with van der Waals surface area (Å²) in [5, 5.41) is 10.6. The van der Waals surface area contributed by atoms with Gasteiger partial charge in [-0.3, -0.25) is 9.69 Å². The second-order valence-corrected chi connectivity index (χ2v) is 7.14. The summed E-state index contributed by atoms with van der Waals surface area (Å²) >= 11 is 0. The Balaban J connectivity index is 1.42. The number of benzene rings is 1. The zero-order valence-electron chi connectivity index (χ0n) is 13.4. The zero-order valence-corrected chi connectivity index (χ0v) is 13.4. The Bertz CT molecular complexity index is 616. The first kappa shape index (κ1) is 14.9. The lowest BCUT2D eigenvalue weighted by Crippen LogP contribution is -2.29. The summed E-state index contributed by atoms with van der Waals surface area (Å²) in [6.07, 6.45) is 5.98. The van der Waals surface area contributed by atoms with E-state index in [1.165, 1.54) is 11.1 Å².